The fourth-order valence-corrected chi connectivity index (χ4v) is 1.95. The van der Waals surface area contributed by atoms with E-state index in [1.165, 1.54) is 6.42 Å². The summed E-state index contributed by atoms with van der Waals surface area (Å²) in [4.78, 5) is 13.0. The third-order valence-electron chi connectivity index (χ3n) is 3.36. The Morgan fingerprint density at radius 3 is 2.74 bits per heavy atom. The van der Waals surface area contributed by atoms with Crippen molar-refractivity contribution < 1.29 is 0 Å². The van der Waals surface area contributed by atoms with Gasteiger partial charge < -0.3 is 10.6 Å². The van der Waals surface area contributed by atoms with Gasteiger partial charge in [-0.05, 0) is 24.3 Å². The summed E-state index contributed by atoms with van der Waals surface area (Å²) in [5.41, 5.74) is 0. The average Bonchev–Trinajstić information content (AvgIpc) is 2.93. The van der Waals surface area contributed by atoms with Gasteiger partial charge in [0, 0.05) is 26.0 Å². The lowest BCUT2D eigenvalue weighted by molar-refractivity contribution is 0.767. The topological polar surface area (TPSA) is 80.5 Å². The van der Waals surface area contributed by atoms with E-state index in [1.54, 1.807) is 17.9 Å². The molecular formula is C12H17N7. The SMILES string of the molecule is CNc1nc(NCC2CC2C)nc(-n2cccn2)n1. The summed E-state index contributed by atoms with van der Waals surface area (Å²) in [6, 6.07) is 1.84. The van der Waals surface area contributed by atoms with Crippen molar-refractivity contribution >= 4 is 11.9 Å². The molecule has 2 heterocycles. The first-order chi connectivity index (χ1) is 9.26. The molecule has 0 aromatic carbocycles. The third-order valence-corrected chi connectivity index (χ3v) is 3.36. The second kappa shape index (κ2) is 4.83. The molecule has 1 aliphatic rings. The smallest absolute Gasteiger partial charge is 0.257 e. The molecule has 2 aromatic rings. The van der Waals surface area contributed by atoms with Gasteiger partial charge in [0.1, 0.15) is 0 Å². The highest BCUT2D eigenvalue weighted by molar-refractivity contribution is 5.37. The van der Waals surface area contributed by atoms with Gasteiger partial charge in [0.25, 0.3) is 5.95 Å². The van der Waals surface area contributed by atoms with E-state index in [0.717, 1.165) is 18.4 Å². The van der Waals surface area contributed by atoms with Gasteiger partial charge in [-0.1, -0.05) is 6.92 Å². The number of hydrogen-bond acceptors (Lipinski definition) is 6. The maximum absolute atomic E-state index is 4.38. The maximum atomic E-state index is 4.38. The normalized spacial score (nSPS) is 21.2. The van der Waals surface area contributed by atoms with Crippen LogP contribution < -0.4 is 10.6 Å². The van der Waals surface area contributed by atoms with Crippen LogP contribution in [0.1, 0.15) is 13.3 Å². The number of aromatic nitrogens is 5. The minimum atomic E-state index is 0.510. The molecule has 0 radical (unpaired) electrons. The predicted octanol–water partition coefficient (Wildman–Crippen LogP) is 1.17. The van der Waals surface area contributed by atoms with Gasteiger partial charge in [0.2, 0.25) is 11.9 Å². The molecule has 0 saturated heterocycles. The van der Waals surface area contributed by atoms with Gasteiger partial charge in [-0.3, -0.25) is 0 Å². The quantitative estimate of drug-likeness (QED) is 0.839. The maximum Gasteiger partial charge on any atom is 0.257 e. The molecule has 2 N–H and O–H groups in total. The molecular weight excluding hydrogens is 242 g/mol. The summed E-state index contributed by atoms with van der Waals surface area (Å²) in [6.07, 6.45) is 4.78. The van der Waals surface area contributed by atoms with Crippen LogP contribution in [0.3, 0.4) is 0 Å². The van der Waals surface area contributed by atoms with Crippen molar-refractivity contribution in [2.45, 2.75) is 13.3 Å². The number of hydrogen-bond donors (Lipinski definition) is 2. The van der Waals surface area contributed by atoms with Crippen molar-refractivity contribution in [1.82, 2.24) is 24.7 Å². The summed E-state index contributed by atoms with van der Waals surface area (Å²) < 4.78 is 1.62. The highest BCUT2D eigenvalue weighted by atomic mass is 15.4. The average molecular weight is 259 g/mol. The second-order valence-corrected chi connectivity index (χ2v) is 4.84. The van der Waals surface area contributed by atoms with Gasteiger partial charge in [-0.2, -0.15) is 20.1 Å². The molecule has 7 nitrogen and oxygen atoms in total. The molecule has 7 heteroatoms. The van der Waals surface area contributed by atoms with Crippen molar-refractivity contribution in [3.63, 3.8) is 0 Å². The monoisotopic (exact) mass is 259 g/mol. The number of nitrogens with zero attached hydrogens (tertiary/aromatic N) is 5. The van der Waals surface area contributed by atoms with Crippen LogP contribution in [0.5, 0.6) is 0 Å². The van der Waals surface area contributed by atoms with Crippen LogP contribution in [0.15, 0.2) is 18.5 Å². The summed E-state index contributed by atoms with van der Waals surface area (Å²) in [5, 5.41) is 10.3. The Morgan fingerprint density at radius 1 is 1.32 bits per heavy atom. The molecule has 0 spiro atoms. The van der Waals surface area contributed by atoms with Crippen LogP contribution in [0.25, 0.3) is 5.95 Å². The van der Waals surface area contributed by atoms with Crippen LogP contribution in [-0.4, -0.2) is 38.3 Å². The van der Waals surface area contributed by atoms with Crippen molar-refractivity contribution in [3.05, 3.63) is 18.5 Å². The minimum Gasteiger partial charge on any atom is -0.357 e. The first kappa shape index (κ1) is 11.9. The van der Waals surface area contributed by atoms with Crippen LogP contribution in [0.2, 0.25) is 0 Å². The molecule has 3 rings (SSSR count). The van der Waals surface area contributed by atoms with Crippen LogP contribution >= 0.6 is 0 Å². The number of rotatable bonds is 5. The molecule has 100 valence electrons. The molecule has 19 heavy (non-hydrogen) atoms. The Hall–Kier alpha value is -2.18. The number of anilines is 2. The number of nitrogens with one attached hydrogen (secondary N) is 2. The summed E-state index contributed by atoms with van der Waals surface area (Å²) in [7, 11) is 1.79. The van der Waals surface area contributed by atoms with E-state index in [-0.39, 0.29) is 0 Å². The van der Waals surface area contributed by atoms with Crippen LogP contribution in [0, 0.1) is 11.8 Å². The van der Waals surface area contributed by atoms with E-state index in [9.17, 15) is 0 Å². The second-order valence-electron chi connectivity index (χ2n) is 4.84. The predicted molar refractivity (Wildman–Crippen MR) is 72.3 cm³/mol. The summed E-state index contributed by atoms with van der Waals surface area (Å²) in [6.45, 7) is 3.17. The van der Waals surface area contributed by atoms with E-state index < -0.39 is 0 Å². The Bertz CT molecular complexity index is 551. The molecule has 2 unspecified atom stereocenters. The standard InChI is InChI=1S/C12H17N7/c1-8-6-9(8)7-14-11-16-10(13-2)17-12(18-11)19-5-3-4-15-19/h3-5,8-9H,6-7H2,1-2H3,(H2,13,14,16,17,18). The summed E-state index contributed by atoms with van der Waals surface area (Å²) in [5.74, 6) is 3.18. The Kier molecular flexibility index (Phi) is 3.02. The van der Waals surface area contributed by atoms with E-state index >= 15 is 0 Å². The fourth-order valence-electron chi connectivity index (χ4n) is 1.95. The highest BCUT2D eigenvalue weighted by Crippen LogP contribution is 2.37. The fraction of sp³-hybridized carbons (Fsp3) is 0.500. The lowest BCUT2D eigenvalue weighted by atomic mass is 10.3. The van der Waals surface area contributed by atoms with Crippen molar-refractivity contribution in [3.8, 4) is 5.95 Å². The van der Waals surface area contributed by atoms with Gasteiger partial charge in [-0.25, -0.2) is 4.68 Å². The zero-order valence-electron chi connectivity index (χ0n) is 11.0. The molecule has 0 aliphatic heterocycles. The zero-order chi connectivity index (χ0) is 13.2. The highest BCUT2D eigenvalue weighted by Gasteiger charge is 2.32. The lowest BCUT2D eigenvalue weighted by Crippen LogP contribution is -2.13. The van der Waals surface area contributed by atoms with Gasteiger partial charge in [0.15, 0.2) is 0 Å². The molecule has 1 saturated carbocycles. The van der Waals surface area contributed by atoms with E-state index in [1.807, 2.05) is 12.3 Å². The molecule has 1 aliphatic carbocycles. The molecule has 2 atom stereocenters. The van der Waals surface area contributed by atoms with Crippen molar-refractivity contribution in [2.75, 3.05) is 24.2 Å². The molecule has 2 aromatic heterocycles. The van der Waals surface area contributed by atoms with E-state index in [0.29, 0.717) is 17.8 Å². The minimum absolute atomic E-state index is 0.510. The van der Waals surface area contributed by atoms with Crippen molar-refractivity contribution in [2.24, 2.45) is 11.8 Å². The van der Waals surface area contributed by atoms with Gasteiger partial charge in [-0.15, -0.1) is 0 Å². The van der Waals surface area contributed by atoms with Crippen molar-refractivity contribution in [1.29, 1.82) is 0 Å². The third kappa shape index (κ3) is 2.64. The summed E-state index contributed by atoms with van der Waals surface area (Å²) >= 11 is 0. The van der Waals surface area contributed by atoms with Gasteiger partial charge >= 0.3 is 0 Å². The van der Waals surface area contributed by atoms with Crippen LogP contribution in [-0.2, 0) is 0 Å². The van der Waals surface area contributed by atoms with E-state index in [2.05, 4.69) is 37.6 Å². The first-order valence-electron chi connectivity index (χ1n) is 6.44. The first-order valence-corrected chi connectivity index (χ1v) is 6.44. The Labute approximate surface area is 111 Å². The lowest BCUT2D eigenvalue weighted by Gasteiger charge is -2.08. The molecule has 0 bridgehead atoms. The molecule has 1 fully saturated rings. The van der Waals surface area contributed by atoms with Crippen LogP contribution in [0.4, 0.5) is 11.9 Å². The Morgan fingerprint density at radius 2 is 2.11 bits per heavy atom. The largest absolute Gasteiger partial charge is 0.357 e. The molecule has 0 amide bonds. The zero-order valence-corrected chi connectivity index (χ0v) is 11.0. The Balaban J connectivity index is 1.80. The van der Waals surface area contributed by atoms with E-state index in [4.69, 9.17) is 0 Å². The van der Waals surface area contributed by atoms with Gasteiger partial charge in [0.05, 0.1) is 0 Å².